The maximum atomic E-state index is 11.5. The Labute approximate surface area is 126 Å². The van der Waals surface area contributed by atoms with Crippen LogP contribution in [0, 0.1) is 6.92 Å². The average molecular weight is 283 g/mol. The van der Waals surface area contributed by atoms with Crippen molar-refractivity contribution < 1.29 is 9.53 Å². The van der Waals surface area contributed by atoms with E-state index < -0.39 is 0 Å². The van der Waals surface area contributed by atoms with Crippen LogP contribution in [-0.2, 0) is 9.53 Å². The molecule has 0 aliphatic heterocycles. The summed E-state index contributed by atoms with van der Waals surface area (Å²) in [7, 11) is 0. The molecule has 0 bridgehead atoms. The van der Waals surface area contributed by atoms with Crippen LogP contribution in [-0.4, -0.2) is 12.6 Å². The van der Waals surface area contributed by atoms with E-state index in [1.807, 2.05) is 0 Å². The number of carbonyl (C=O) groups excluding carboxylic acids is 1. The summed E-state index contributed by atoms with van der Waals surface area (Å²) in [5.41, 5.74) is 0. The lowest BCUT2D eigenvalue weighted by molar-refractivity contribution is -0.143. The highest BCUT2D eigenvalue weighted by Crippen LogP contribution is 2.09. The zero-order valence-electron chi connectivity index (χ0n) is 13.6. The molecule has 0 aromatic rings. The van der Waals surface area contributed by atoms with Gasteiger partial charge >= 0.3 is 5.97 Å². The first-order valence-corrected chi connectivity index (χ1v) is 8.76. The number of ether oxygens (including phenoxy) is 1. The Bertz CT molecular complexity index is 182. The first-order chi connectivity index (χ1) is 9.81. The Morgan fingerprint density at radius 1 is 0.800 bits per heavy atom. The highest BCUT2D eigenvalue weighted by Gasteiger charge is 2.02. The van der Waals surface area contributed by atoms with Gasteiger partial charge in [0.1, 0.15) is 0 Å². The fraction of sp³-hybridized carbons (Fsp3) is 0.889. The van der Waals surface area contributed by atoms with Gasteiger partial charge in [-0.2, -0.15) is 0 Å². The number of hydrogen-bond donors (Lipinski definition) is 0. The zero-order chi connectivity index (χ0) is 14.9. The molecule has 0 amide bonds. The first-order valence-electron chi connectivity index (χ1n) is 8.76. The minimum absolute atomic E-state index is 0.00341. The zero-order valence-corrected chi connectivity index (χ0v) is 13.6. The lowest BCUT2D eigenvalue weighted by Crippen LogP contribution is -2.05. The summed E-state index contributed by atoms with van der Waals surface area (Å²) in [6.07, 6.45) is 16.3. The highest BCUT2D eigenvalue weighted by molar-refractivity contribution is 5.69. The maximum absolute atomic E-state index is 11.5. The van der Waals surface area contributed by atoms with Gasteiger partial charge in [-0.1, -0.05) is 84.5 Å². The highest BCUT2D eigenvalue weighted by atomic mass is 16.5. The van der Waals surface area contributed by atoms with Gasteiger partial charge in [-0.25, -0.2) is 0 Å². The lowest BCUT2D eigenvalue weighted by Gasteiger charge is -2.05. The van der Waals surface area contributed by atoms with E-state index in [-0.39, 0.29) is 5.97 Å². The Morgan fingerprint density at radius 2 is 1.35 bits per heavy atom. The van der Waals surface area contributed by atoms with Crippen LogP contribution < -0.4 is 0 Å². The fourth-order valence-electron chi connectivity index (χ4n) is 2.29. The third kappa shape index (κ3) is 15.5. The topological polar surface area (TPSA) is 26.3 Å². The molecule has 0 rings (SSSR count). The molecule has 0 heterocycles. The second kappa shape index (κ2) is 16.5. The molecule has 0 spiro atoms. The summed E-state index contributed by atoms with van der Waals surface area (Å²) in [5.74, 6) is -0.00341. The molecule has 0 aliphatic rings. The molecule has 2 nitrogen and oxygen atoms in total. The van der Waals surface area contributed by atoms with Gasteiger partial charge in [-0.15, -0.1) is 0 Å². The summed E-state index contributed by atoms with van der Waals surface area (Å²) in [6, 6.07) is 0. The minimum atomic E-state index is -0.00341. The van der Waals surface area contributed by atoms with Gasteiger partial charge in [0.25, 0.3) is 0 Å². The molecule has 0 fully saturated rings. The molecule has 119 valence electrons. The van der Waals surface area contributed by atoms with Crippen molar-refractivity contribution in [1.29, 1.82) is 0 Å². The van der Waals surface area contributed by atoms with Gasteiger partial charge in [0.2, 0.25) is 0 Å². The smallest absolute Gasteiger partial charge is 0.305 e. The SMILES string of the molecule is [CH2]CCCCCCCOC(=O)CCCCCCCCC. The van der Waals surface area contributed by atoms with Crippen molar-refractivity contribution in [2.75, 3.05) is 6.61 Å². The van der Waals surface area contributed by atoms with Crippen LogP contribution in [0.2, 0.25) is 0 Å². The van der Waals surface area contributed by atoms with Crippen molar-refractivity contribution in [3.05, 3.63) is 6.92 Å². The predicted molar refractivity (Wildman–Crippen MR) is 86.6 cm³/mol. The monoisotopic (exact) mass is 283 g/mol. The first kappa shape index (κ1) is 19.5. The Kier molecular flexibility index (Phi) is 16.1. The largest absolute Gasteiger partial charge is 0.466 e. The molecule has 0 N–H and O–H groups in total. The summed E-state index contributed by atoms with van der Waals surface area (Å²) in [4.78, 5) is 11.5. The number of rotatable bonds is 15. The number of esters is 1. The minimum Gasteiger partial charge on any atom is -0.466 e. The van der Waals surface area contributed by atoms with Gasteiger partial charge in [0, 0.05) is 6.42 Å². The molecule has 0 atom stereocenters. The fourth-order valence-corrected chi connectivity index (χ4v) is 2.29. The van der Waals surface area contributed by atoms with Gasteiger partial charge in [0.05, 0.1) is 6.61 Å². The van der Waals surface area contributed by atoms with E-state index >= 15 is 0 Å². The molecule has 0 aromatic heterocycles. The Hall–Kier alpha value is -0.530. The molecule has 0 unspecified atom stereocenters. The third-order valence-electron chi connectivity index (χ3n) is 3.64. The predicted octanol–water partition coefficient (Wildman–Crippen LogP) is 5.84. The van der Waals surface area contributed by atoms with Crippen molar-refractivity contribution in [1.82, 2.24) is 0 Å². The normalized spacial score (nSPS) is 10.7. The van der Waals surface area contributed by atoms with Crippen molar-refractivity contribution in [3.8, 4) is 0 Å². The number of carbonyl (C=O) groups is 1. The van der Waals surface area contributed by atoms with E-state index in [9.17, 15) is 4.79 Å². The lowest BCUT2D eigenvalue weighted by atomic mass is 10.1. The summed E-state index contributed by atoms with van der Waals surface area (Å²) in [5, 5.41) is 0. The molecule has 0 saturated carbocycles. The Morgan fingerprint density at radius 3 is 2.00 bits per heavy atom. The molecule has 2 heteroatoms. The molecular formula is C18H35O2. The molecular weight excluding hydrogens is 248 g/mol. The van der Waals surface area contributed by atoms with Crippen LogP contribution in [0.1, 0.15) is 96.8 Å². The van der Waals surface area contributed by atoms with E-state index in [0.29, 0.717) is 13.0 Å². The van der Waals surface area contributed by atoms with E-state index in [1.54, 1.807) is 0 Å². The summed E-state index contributed by atoms with van der Waals surface area (Å²) in [6.45, 7) is 6.67. The van der Waals surface area contributed by atoms with Crippen LogP contribution in [0.4, 0.5) is 0 Å². The van der Waals surface area contributed by atoms with Crippen LogP contribution in [0.15, 0.2) is 0 Å². The van der Waals surface area contributed by atoms with Gasteiger partial charge in [-0.3, -0.25) is 4.79 Å². The molecule has 0 aromatic carbocycles. The summed E-state index contributed by atoms with van der Waals surface area (Å²) >= 11 is 0. The molecule has 20 heavy (non-hydrogen) atoms. The van der Waals surface area contributed by atoms with Crippen molar-refractivity contribution in [2.45, 2.75) is 96.8 Å². The number of hydrogen-bond acceptors (Lipinski definition) is 2. The molecule has 0 saturated heterocycles. The van der Waals surface area contributed by atoms with Crippen LogP contribution in [0.3, 0.4) is 0 Å². The summed E-state index contributed by atoms with van der Waals surface area (Å²) < 4.78 is 5.24. The second-order valence-electron chi connectivity index (χ2n) is 5.71. The van der Waals surface area contributed by atoms with E-state index in [0.717, 1.165) is 19.3 Å². The van der Waals surface area contributed by atoms with Crippen molar-refractivity contribution in [2.24, 2.45) is 0 Å². The standard InChI is InChI=1S/C18H35O2/c1-3-5-7-9-11-12-14-16-18(19)20-17-15-13-10-8-6-4-2/h2-17H2,1H3. The molecule has 0 aliphatic carbocycles. The van der Waals surface area contributed by atoms with Crippen LogP contribution in [0.25, 0.3) is 0 Å². The quantitative estimate of drug-likeness (QED) is 0.278. The van der Waals surface area contributed by atoms with Crippen LogP contribution in [0.5, 0.6) is 0 Å². The maximum Gasteiger partial charge on any atom is 0.305 e. The van der Waals surface area contributed by atoms with Gasteiger partial charge in [-0.05, 0) is 12.8 Å². The van der Waals surface area contributed by atoms with Crippen molar-refractivity contribution in [3.63, 3.8) is 0 Å². The van der Waals surface area contributed by atoms with E-state index in [4.69, 9.17) is 4.74 Å². The van der Waals surface area contributed by atoms with Crippen molar-refractivity contribution >= 4 is 5.97 Å². The number of unbranched alkanes of at least 4 members (excludes halogenated alkanes) is 11. The second-order valence-corrected chi connectivity index (χ2v) is 5.71. The van der Waals surface area contributed by atoms with Crippen LogP contribution >= 0.6 is 0 Å². The van der Waals surface area contributed by atoms with E-state index in [2.05, 4.69) is 13.8 Å². The third-order valence-corrected chi connectivity index (χ3v) is 3.64. The van der Waals surface area contributed by atoms with E-state index in [1.165, 1.54) is 64.2 Å². The Balaban J connectivity index is 3.13. The average Bonchev–Trinajstić information content (AvgIpc) is 2.45. The van der Waals surface area contributed by atoms with Gasteiger partial charge < -0.3 is 4.74 Å². The van der Waals surface area contributed by atoms with Gasteiger partial charge in [0.15, 0.2) is 0 Å². The molecule has 1 radical (unpaired) electrons.